The van der Waals surface area contributed by atoms with Crippen LogP contribution in [-0.2, 0) is 19.4 Å². The Morgan fingerprint density at radius 2 is 1.91 bits per heavy atom. The highest BCUT2D eigenvalue weighted by atomic mass is 32.3. The zero-order chi connectivity index (χ0) is 16.9. The minimum atomic E-state index is -4.76. The van der Waals surface area contributed by atoms with Crippen molar-refractivity contribution in [2.75, 3.05) is 6.61 Å². The molecule has 0 spiro atoms. The highest BCUT2D eigenvalue weighted by Gasteiger charge is 2.44. The lowest BCUT2D eigenvalue weighted by Crippen LogP contribution is -2.57. The Bertz CT molecular complexity index is 481. The molecule has 0 saturated carbocycles. The first kappa shape index (κ1) is 19.6. The van der Waals surface area contributed by atoms with E-state index in [1.165, 1.54) is 0 Å². The zero-order valence-corrected chi connectivity index (χ0v) is 13.3. The third kappa shape index (κ3) is 5.62. The fraction of sp³-hybridized carbons (Fsp3) is 0.900. The Kier molecular flexibility index (Phi) is 7.48. The molecule has 22 heavy (non-hydrogen) atoms. The smallest absolute Gasteiger partial charge is 0.394 e. The van der Waals surface area contributed by atoms with Gasteiger partial charge >= 0.3 is 10.4 Å². The average Bonchev–Trinajstić information content (AvgIpc) is 2.44. The topological polar surface area (TPSA) is 166 Å². The maximum atomic E-state index is 10.5. The quantitative estimate of drug-likeness (QED) is 0.162. The van der Waals surface area contributed by atoms with Crippen LogP contribution < -0.4 is 0 Å². The molecule has 1 aliphatic heterocycles. The third-order valence-corrected chi connectivity index (χ3v) is 4.23. The number of rotatable bonds is 6. The van der Waals surface area contributed by atoms with Gasteiger partial charge in [0.1, 0.15) is 34.9 Å². The van der Waals surface area contributed by atoms with Gasteiger partial charge in [-0.05, 0) is 12.8 Å². The van der Waals surface area contributed by atoms with E-state index in [4.69, 9.17) is 14.4 Å². The molecule has 5 atom stereocenters. The molecule has 10 nitrogen and oxygen atoms in total. The van der Waals surface area contributed by atoms with Gasteiger partial charge in [0, 0.05) is 0 Å². The van der Waals surface area contributed by atoms with Gasteiger partial charge in [-0.15, -0.1) is 0 Å². The summed E-state index contributed by atoms with van der Waals surface area (Å²) >= 11 is 0.759. The van der Waals surface area contributed by atoms with Gasteiger partial charge in [0.05, 0.1) is 6.61 Å². The van der Waals surface area contributed by atoms with Gasteiger partial charge < -0.3 is 25.2 Å². The minimum absolute atomic E-state index is 0.0875. The molecule has 0 amide bonds. The monoisotopic (exact) mass is 361 g/mol. The second kappa shape index (κ2) is 8.40. The van der Waals surface area contributed by atoms with Crippen molar-refractivity contribution in [3.05, 3.63) is 0 Å². The van der Waals surface area contributed by atoms with Crippen molar-refractivity contribution in [1.29, 1.82) is 0 Å². The van der Waals surface area contributed by atoms with Gasteiger partial charge in [0.15, 0.2) is 0 Å². The van der Waals surface area contributed by atoms with Gasteiger partial charge in [-0.1, -0.05) is 23.8 Å². The fourth-order valence-electron chi connectivity index (χ4n) is 1.73. The zero-order valence-electron chi connectivity index (χ0n) is 11.6. The van der Waals surface area contributed by atoms with Crippen molar-refractivity contribution in [2.24, 2.45) is 5.16 Å². The maximum absolute atomic E-state index is 10.5. The van der Waals surface area contributed by atoms with Crippen LogP contribution in [0.15, 0.2) is 5.16 Å². The number of thioether (sulfide) groups is 1. The molecule has 5 N–H and O–H groups in total. The van der Waals surface area contributed by atoms with E-state index in [1.807, 2.05) is 0 Å². The van der Waals surface area contributed by atoms with Gasteiger partial charge in [0.2, 0.25) is 0 Å². The molecule has 0 aliphatic carbocycles. The van der Waals surface area contributed by atoms with Crippen LogP contribution in [0.3, 0.4) is 0 Å². The Labute approximate surface area is 131 Å². The molecule has 1 fully saturated rings. The second-order valence-corrected chi connectivity index (χ2v) is 6.73. The van der Waals surface area contributed by atoms with E-state index < -0.39 is 46.9 Å². The molecule has 12 heteroatoms. The summed E-state index contributed by atoms with van der Waals surface area (Å²) in [6.45, 7) is 1.20. The number of hydrogen-bond donors (Lipinski definition) is 5. The molecule has 1 rings (SSSR count). The minimum Gasteiger partial charge on any atom is -0.394 e. The van der Waals surface area contributed by atoms with Gasteiger partial charge in [-0.3, -0.25) is 4.55 Å². The van der Waals surface area contributed by atoms with Crippen molar-refractivity contribution >= 4 is 27.2 Å². The number of aliphatic hydroxyl groups excluding tert-OH is 4. The number of aliphatic hydroxyl groups is 4. The number of hydrogen-bond acceptors (Lipinski definition) is 10. The summed E-state index contributed by atoms with van der Waals surface area (Å²) in [5.74, 6) is 0. The fourth-order valence-corrected chi connectivity index (χ4v) is 3.13. The summed E-state index contributed by atoms with van der Waals surface area (Å²) < 4.78 is 38.7. The van der Waals surface area contributed by atoms with Crippen LogP contribution in [-0.4, -0.2) is 74.9 Å². The summed E-state index contributed by atoms with van der Waals surface area (Å²) in [6.07, 6.45) is -4.80. The van der Waals surface area contributed by atoms with Gasteiger partial charge in [-0.2, -0.15) is 8.42 Å². The lowest BCUT2D eigenvalue weighted by molar-refractivity contribution is -0.205. The lowest BCUT2D eigenvalue weighted by Gasteiger charge is -2.39. The van der Waals surface area contributed by atoms with E-state index in [1.54, 1.807) is 6.92 Å². The molecule has 130 valence electrons. The predicted octanol–water partition coefficient (Wildman–Crippen LogP) is -1.55. The molecule has 1 heterocycles. The summed E-state index contributed by atoms with van der Waals surface area (Å²) in [5, 5.41) is 41.6. The van der Waals surface area contributed by atoms with E-state index in [0.29, 0.717) is 6.42 Å². The van der Waals surface area contributed by atoms with Crippen LogP contribution in [0.25, 0.3) is 0 Å². The first-order valence-electron chi connectivity index (χ1n) is 6.39. The highest BCUT2D eigenvalue weighted by Crippen LogP contribution is 2.30. The Hall–Kier alpha value is -0.470. The van der Waals surface area contributed by atoms with Crippen molar-refractivity contribution in [1.82, 2.24) is 0 Å². The van der Waals surface area contributed by atoms with Crippen molar-refractivity contribution in [3.8, 4) is 0 Å². The number of oxime groups is 1. The van der Waals surface area contributed by atoms with Gasteiger partial charge in [-0.25, -0.2) is 4.28 Å². The van der Waals surface area contributed by atoms with Crippen LogP contribution >= 0.6 is 11.8 Å². The molecule has 1 aliphatic rings. The molecular weight excluding hydrogens is 342 g/mol. The normalized spacial score (nSPS) is 33.7. The molecule has 0 radical (unpaired) electrons. The third-order valence-electron chi connectivity index (χ3n) is 2.80. The largest absolute Gasteiger partial charge is 0.466 e. The standard InChI is InChI=1S/C10H19NO9S2/c1-2-3-6(11-20-22(16,17)18)21-10-9(15)8(14)7(13)5(4-12)19-10/h5,7-10,12-15H,2-4H2,1H3,(H,16,17,18)/b11-6-/t5-,7-,8+,9+,10+/m0/s1. The first-order chi connectivity index (χ1) is 10.2. The summed E-state index contributed by atoms with van der Waals surface area (Å²) in [6, 6.07) is 0. The van der Waals surface area contributed by atoms with Crippen LogP contribution in [0.5, 0.6) is 0 Å². The van der Waals surface area contributed by atoms with Crippen molar-refractivity contribution in [3.63, 3.8) is 0 Å². The van der Waals surface area contributed by atoms with Crippen LogP contribution in [0.4, 0.5) is 0 Å². The van der Waals surface area contributed by atoms with E-state index in [9.17, 15) is 23.7 Å². The number of nitrogens with zero attached hydrogens (tertiary/aromatic N) is 1. The Morgan fingerprint density at radius 1 is 1.27 bits per heavy atom. The highest BCUT2D eigenvalue weighted by molar-refractivity contribution is 8.14. The number of ether oxygens (including phenoxy) is 1. The summed E-state index contributed by atoms with van der Waals surface area (Å²) in [7, 11) is -4.76. The first-order valence-corrected chi connectivity index (χ1v) is 8.64. The molecule has 0 aromatic heterocycles. The predicted molar refractivity (Wildman–Crippen MR) is 76.3 cm³/mol. The summed E-state index contributed by atoms with van der Waals surface area (Å²) in [5.41, 5.74) is -1.11. The van der Waals surface area contributed by atoms with E-state index in [0.717, 1.165) is 11.8 Å². The van der Waals surface area contributed by atoms with Crippen molar-refractivity contribution in [2.45, 2.75) is 49.6 Å². The molecular formula is C10H19NO9S2. The van der Waals surface area contributed by atoms with E-state index >= 15 is 0 Å². The van der Waals surface area contributed by atoms with E-state index in [2.05, 4.69) is 9.44 Å². The van der Waals surface area contributed by atoms with E-state index in [-0.39, 0.29) is 11.5 Å². The molecule has 0 aromatic carbocycles. The lowest BCUT2D eigenvalue weighted by atomic mass is 10.0. The Balaban J connectivity index is 2.83. The molecule has 0 aromatic rings. The van der Waals surface area contributed by atoms with Crippen molar-refractivity contribution < 1.29 is 42.4 Å². The SMILES string of the molecule is CCC/C(=N/OS(=O)(=O)O)S[C@H]1O[C@@H](CO)[C@H](O)[C@@H](O)[C@H]1O. The Morgan fingerprint density at radius 3 is 2.41 bits per heavy atom. The van der Waals surface area contributed by atoms with Crippen LogP contribution in [0.1, 0.15) is 19.8 Å². The van der Waals surface area contributed by atoms with Gasteiger partial charge in [0.25, 0.3) is 0 Å². The second-order valence-electron chi connectivity index (χ2n) is 4.55. The maximum Gasteiger partial charge on any atom is 0.466 e. The molecule has 1 saturated heterocycles. The molecule has 0 unspecified atom stereocenters. The molecule has 0 bridgehead atoms. The van der Waals surface area contributed by atoms with Crippen LogP contribution in [0, 0.1) is 0 Å². The van der Waals surface area contributed by atoms with Crippen LogP contribution in [0.2, 0.25) is 0 Å². The summed E-state index contributed by atoms with van der Waals surface area (Å²) in [4.78, 5) is 0. The average molecular weight is 361 g/mol.